The highest BCUT2D eigenvalue weighted by Gasteiger charge is 2.46. The van der Waals surface area contributed by atoms with Crippen molar-refractivity contribution in [1.82, 2.24) is 21.3 Å². The summed E-state index contributed by atoms with van der Waals surface area (Å²) in [5, 5.41) is 69.7. The van der Waals surface area contributed by atoms with E-state index in [4.69, 9.17) is 18.9 Å². The van der Waals surface area contributed by atoms with Crippen molar-refractivity contribution in [1.29, 1.82) is 0 Å². The van der Waals surface area contributed by atoms with Crippen LogP contribution in [0.5, 0.6) is 0 Å². The molecule has 0 saturated carbocycles. The smallest absolute Gasteiger partial charge is 0.220 e. The van der Waals surface area contributed by atoms with Gasteiger partial charge in [-0.2, -0.15) is 0 Å². The van der Waals surface area contributed by atoms with Gasteiger partial charge in [0.1, 0.15) is 48.7 Å². The van der Waals surface area contributed by atoms with Crippen molar-refractivity contribution in [3.8, 4) is 0 Å². The fourth-order valence-electron chi connectivity index (χ4n) is 4.98. The van der Waals surface area contributed by atoms with Gasteiger partial charge in [0.25, 0.3) is 0 Å². The van der Waals surface area contributed by atoms with E-state index in [9.17, 15) is 49.8 Å². The van der Waals surface area contributed by atoms with Crippen molar-refractivity contribution in [2.75, 3.05) is 39.5 Å². The summed E-state index contributed by atoms with van der Waals surface area (Å²) in [5.41, 5.74) is 0. The van der Waals surface area contributed by atoms with E-state index in [1.165, 1.54) is 13.8 Å². The molecule has 2 fully saturated rings. The summed E-state index contributed by atoms with van der Waals surface area (Å²) >= 11 is 0. The largest absolute Gasteiger partial charge is 0.394 e. The minimum Gasteiger partial charge on any atom is -0.394 e. The normalized spacial score (nSPS) is 31.1. The van der Waals surface area contributed by atoms with Crippen LogP contribution in [-0.2, 0) is 38.1 Å². The van der Waals surface area contributed by atoms with Gasteiger partial charge in [-0.25, -0.2) is 0 Å². The summed E-state index contributed by atoms with van der Waals surface area (Å²) in [7, 11) is 0. The van der Waals surface area contributed by atoms with Crippen molar-refractivity contribution in [2.24, 2.45) is 0 Å². The Morgan fingerprint density at radius 2 is 0.978 bits per heavy atom. The number of aliphatic hydroxyl groups excluding tert-OH is 6. The molecule has 2 heterocycles. The van der Waals surface area contributed by atoms with E-state index in [-0.39, 0.29) is 51.0 Å². The van der Waals surface area contributed by atoms with Crippen LogP contribution in [0, 0.1) is 0 Å². The molecule has 0 bridgehead atoms. The van der Waals surface area contributed by atoms with Crippen LogP contribution in [0.1, 0.15) is 52.4 Å². The van der Waals surface area contributed by atoms with Gasteiger partial charge in [0, 0.05) is 53.0 Å². The van der Waals surface area contributed by atoms with E-state index < -0.39 is 86.3 Å². The predicted molar refractivity (Wildman–Crippen MR) is 156 cm³/mol. The Morgan fingerprint density at radius 1 is 0.609 bits per heavy atom. The van der Waals surface area contributed by atoms with Gasteiger partial charge in [-0.1, -0.05) is 0 Å². The number of nitrogens with one attached hydrogen (secondary N) is 4. The quantitative estimate of drug-likeness (QED) is 0.0582. The maximum atomic E-state index is 12.1. The predicted octanol–water partition coefficient (Wildman–Crippen LogP) is -4.52. The summed E-state index contributed by atoms with van der Waals surface area (Å²) in [6, 6.07) is -2.07. The molecule has 0 aromatic heterocycles. The first-order valence-corrected chi connectivity index (χ1v) is 15.4. The maximum absolute atomic E-state index is 12.1. The van der Waals surface area contributed by atoms with Gasteiger partial charge in [-0.15, -0.1) is 0 Å². The third kappa shape index (κ3) is 12.9. The molecular formula is C28H50N4O14. The van der Waals surface area contributed by atoms with Crippen molar-refractivity contribution in [3.05, 3.63) is 0 Å². The molecule has 18 heteroatoms. The molecule has 2 aliphatic rings. The van der Waals surface area contributed by atoms with E-state index in [1.807, 2.05) is 0 Å². The second-order valence-electron chi connectivity index (χ2n) is 11.2. The van der Waals surface area contributed by atoms with E-state index in [2.05, 4.69) is 21.3 Å². The van der Waals surface area contributed by atoms with E-state index in [0.717, 1.165) is 0 Å². The fourth-order valence-corrected chi connectivity index (χ4v) is 4.98. The van der Waals surface area contributed by atoms with Gasteiger partial charge in [0.05, 0.1) is 13.2 Å². The van der Waals surface area contributed by atoms with Gasteiger partial charge in [0.15, 0.2) is 12.6 Å². The van der Waals surface area contributed by atoms with E-state index >= 15 is 0 Å². The topological polar surface area (TPSA) is 275 Å². The highest BCUT2D eigenvalue weighted by Crippen LogP contribution is 2.23. The molecule has 2 aliphatic heterocycles. The molecular weight excluding hydrogens is 616 g/mol. The number of amides is 4. The molecule has 0 aromatic carbocycles. The van der Waals surface area contributed by atoms with E-state index in [0.29, 0.717) is 25.7 Å². The molecule has 10 N–H and O–H groups in total. The molecule has 0 radical (unpaired) electrons. The monoisotopic (exact) mass is 666 g/mol. The second kappa shape index (κ2) is 20.7. The second-order valence-corrected chi connectivity index (χ2v) is 11.2. The molecule has 10 atom stereocenters. The van der Waals surface area contributed by atoms with Gasteiger partial charge in [-0.05, 0) is 25.7 Å². The van der Waals surface area contributed by atoms with Crippen LogP contribution in [0.25, 0.3) is 0 Å². The lowest BCUT2D eigenvalue weighted by molar-refractivity contribution is -0.270. The number of carbonyl (C=O) groups excluding carboxylic acids is 4. The molecule has 266 valence electrons. The Balaban J connectivity index is 1.55. The molecule has 0 spiro atoms. The van der Waals surface area contributed by atoms with Gasteiger partial charge < -0.3 is 70.9 Å². The van der Waals surface area contributed by atoms with Crippen LogP contribution in [0.15, 0.2) is 0 Å². The van der Waals surface area contributed by atoms with Gasteiger partial charge in [0.2, 0.25) is 23.6 Å². The zero-order chi connectivity index (χ0) is 34.2. The number of hydrogen-bond acceptors (Lipinski definition) is 14. The number of ether oxygens (including phenoxy) is 4. The Kier molecular flexibility index (Phi) is 17.8. The molecule has 18 nitrogen and oxygen atoms in total. The zero-order valence-corrected chi connectivity index (χ0v) is 26.2. The SMILES string of the molecule is CC(=O)NC1C(O)[C@@H](O)C(CO)O[C@H]1OCCCCC(=O)NCCNC(=O)CCCCO[C@@H]1O[C@@H](CO)[C@H](O)C(O)[C@@H]1NC(C)=O. The molecule has 2 saturated heterocycles. The van der Waals surface area contributed by atoms with Gasteiger partial charge >= 0.3 is 0 Å². The lowest BCUT2D eigenvalue weighted by Crippen LogP contribution is -2.64. The van der Waals surface area contributed by atoms with Crippen LogP contribution in [-0.4, -0.2) is 155 Å². The number of rotatable bonds is 19. The molecule has 0 aliphatic carbocycles. The summed E-state index contributed by atoms with van der Waals surface area (Å²) < 4.78 is 22.2. The first-order valence-electron chi connectivity index (χ1n) is 15.4. The highest BCUT2D eigenvalue weighted by atomic mass is 16.7. The Morgan fingerprint density at radius 3 is 1.30 bits per heavy atom. The van der Waals surface area contributed by atoms with Crippen LogP contribution in [0.4, 0.5) is 0 Å². The van der Waals surface area contributed by atoms with Crippen molar-refractivity contribution < 1.29 is 68.8 Å². The average molecular weight is 667 g/mol. The number of aliphatic hydroxyl groups is 6. The summed E-state index contributed by atoms with van der Waals surface area (Å²) in [6.45, 7) is 2.11. The minimum absolute atomic E-state index is 0.133. The van der Waals surface area contributed by atoms with Crippen molar-refractivity contribution >= 4 is 23.6 Å². The Hall–Kier alpha value is -2.52. The lowest BCUT2D eigenvalue weighted by Gasteiger charge is -2.42. The summed E-state index contributed by atoms with van der Waals surface area (Å²) in [4.78, 5) is 47.2. The standard InChI is InChI=1S/C28H50N4O14/c1-15(35)31-21-25(41)23(39)17(13-33)45-27(21)43-11-5-3-7-19(37)29-9-10-30-20(38)8-4-6-12-44-28-22(32-16(2)36)26(42)24(40)18(14-34)46-28/h17-18,21-28,33-34,39-42H,3-14H2,1-2H3,(H,29,37)(H,30,38)(H,31,35)(H,32,36)/t17-,18?,21-,22?,23-,24-,25?,26?,27+,28+/m0/s1. The zero-order valence-electron chi connectivity index (χ0n) is 26.2. The molecule has 46 heavy (non-hydrogen) atoms. The van der Waals surface area contributed by atoms with Crippen LogP contribution in [0.3, 0.4) is 0 Å². The fraction of sp³-hybridized carbons (Fsp3) is 0.857. The highest BCUT2D eigenvalue weighted by molar-refractivity contribution is 5.77. The number of hydrogen-bond donors (Lipinski definition) is 10. The first kappa shape index (κ1) is 39.7. The third-order valence-corrected chi connectivity index (χ3v) is 7.43. The Bertz CT molecular complexity index is 887. The number of carbonyl (C=O) groups is 4. The molecule has 2 rings (SSSR count). The lowest BCUT2D eigenvalue weighted by atomic mass is 9.97. The van der Waals surface area contributed by atoms with Crippen LogP contribution in [0.2, 0.25) is 0 Å². The van der Waals surface area contributed by atoms with Crippen molar-refractivity contribution in [2.45, 2.75) is 114 Å². The van der Waals surface area contributed by atoms with Crippen molar-refractivity contribution in [3.63, 3.8) is 0 Å². The maximum Gasteiger partial charge on any atom is 0.220 e. The molecule has 0 aromatic rings. The third-order valence-electron chi connectivity index (χ3n) is 7.43. The number of unbranched alkanes of at least 4 members (excludes halogenated alkanes) is 2. The summed E-state index contributed by atoms with van der Waals surface area (Å²) in [6.07, 6.45) is -7.74. The summed E-state index contributed by atoms with van der Waals surface area (Å²) in [5.74, 6) is -1.36. The Labute approximate surface area is 267 Å². The average Bonchev–Trinajstić information content (AvgIpc) is 3.01. The van der Waals surface area contributed by atoms with Crippen LogP contribution >= 0.6 is 0 Å². The van der Waals surface area contributed by atoms with E-state index in [1.54, 1.807) is 0 Å². The molecule has 4 unspecified atom stereocenters. The molecule has 4 amide bonds. The minimum atomic E-state index is -1.40. The van der Waals surface area contributed by atoms with Gasteiger partial charge in [-0.3, -0.25) is 19.2 Å². The first-order chi connectivity index (χ1) is 21.9. The van der Waals surface area contributed by atoms with Crippen LogP contribution < -0.4 is 21.3 Å².